The molecule has 0 radical (unpaired) electrons. The molecule has 0 fully saturated rings. The van der Waals surface area contributed by atoms with Crippen molar-refractivity contribution in [3.05, 3.63) is 64.7 Å². The molecule has 3 rings (SSSR count). The van der Waals surface area contributed by atoms with Crippen LogP contribution in [-0.2, 0) is 17.6 Å². The van der Waals surface area contributed by atoms with Crippen LogP contribution in [0, 0.1) is 6.92 Å². The summed E-state index contributed by atoms with van der Waals surface area (Å²) in [5.41, 5.74) is 9.50. The fourth-order valence-electron chi connectivity index (χ4n) is 3.16. The average Bonchev–Trinajstić information content (AvgIpc) is 2.65. The number of benzene rings is 2. The molecule has 0 saturated heterocycles. The predicted molar refractivity (Wildman–Crippen MR) is 103 cm³/mol. The van der Waals surface area contributed by atoms with Crippen LogP contribution in [0.3, 0.4) is 0 Å². The maximum atomic E-state index is 12.0. The summed E-state index contributed by atoms with van der Waals surface area (Å²) in [6.45, 7) is 4.14. The van der Waals surface area contributed by atoms with Gasteiger partial charge in [0.1, 0.15) is 0 Å². The van der Waals surface area contributed by atoms with E-state index in [1.54, 1.807) is 0 Å². The van der Waals surface area contributed by atoms with E-state index in [0.717, 1.165) is 28.9 Å². The molecule has 130 valence electrons. The number of anilines is 1. The topological polar surface area (TPSA) is 53.5 Å². The third-order valence-corrected chi connectivity index (χ3v) is 4.70. The first-order valence-corrected chi connectivity index (χ1v) is 8.88. The first kappa shape index (κ1) is 17.2. The van der Waals surface area contributed by atoms with Crippen LogP contribution in [0.5, 0.6) is 0 Å². The Labute approximate surface area is 149 Å². The summed E-state index contributed by atoms with van der Waals surface area (Å²) in [4.78, 5) is 12.0. The first-order chi connectivity index (χ1) is 12.1. The van der Waals surface area contributed by atoms with E-state index in [1.165, 1.54) is 30.4 Å². The van der Waals surface area contributed by atoms with Crippen LogP contribution in [-0.4, -0.2) is 18.2 Å². The summed E-state index contributed by atoms with van der Waals surface area (Å²) >= 11 is 0. The number of nitrogens with zero attached hydrogens (tertiary/aromatic N) is 1. The fraction of sp³-hybridized carbons (Fsp3) is 0.333. The molecule has 0 atom stereocenters. The van der Waals surface area contributed by atoms with E-state index in [9.17, 15) is 4.79 Å². The van der Waals surface area contributed by atoms with Gasteiger partial charge in [0.25, 0.3) is 5.91 Å². The van der Waals surface area contributed by atoms with Gasteiger partial charge >= 0.3 is 0 Å². The zero-order valence-corrected chi connectivity index (χ0v) is 14.9. The van der Waals surface area contributed by atoms with Crippen LogP contribution >= 0.6 is 0 Å². The highest BCUT2D eigenvalue weighted by Crippen LogP contribution is 2.22. The Kier molecular flexibility index (Phi) is 5.49. The van der Waals surface area contributed by atoms with Gasteiger partial charge in [-0.25, -0.2) is 5.43 Å². The molecule has 2 aromatic rings. The number of aryl methyl sites for hydroxylation is 3. The van der Waals surface area contributed by atoms with Gasteiger partial charge in [-0.1, -0.05) is 30.3 Å². The molecule has 0 aliphatic heterocycles. The van der Waals surface area contributed by atoms with Crippen LogP contribution < -0.4 is 10.7 Å². The Morgan fingerprint density at radius 2 is 1.84 bits per heavy atom. The van der Waals surface area contributed by atoms with E-state index in [2.05, 4.69) is 34.0 Å². The fourth-order valence-corrected chi connectivity index (χ4v) is 3.16. The molecule has 4 nitrogen and oxygen atoms in total. The van der Waals surface area contributed by atoms with Crippen LogP contribution in [0.25, 0.3) is 0 Å². The van der Waals surface area contributed by atoms with Gasteiger partial charge in [-0.3, -0.25) is 4.79 Å². The lowest BCUT2D eigenvalue weighted by molar-refractivity contribution is -0.119. The lowest BCUT2D eigenvalue weighted by Crippen LogP contribution is -2.27. The van der Waals surface area contributed by atoms with Crippen LogP contribution in [0.4, 0.5) is 5.69 Å². The highest BCUT2D eigenvalue weighted by molar-refractivity contribution is 5.99. The van der Waals surface area contributed by atoms with Crippen LogP contribution in [0.2, 0.25) is 0 Å². The number of fused-ring (bicyclic) bond motifs is 1. The number of carbonyl (C=O) groups excluding carboxylic acids is 1. The first-order valence-electron chi connectivity index (χ1n) is 8.88. The van der Waals surface area contributed by atoms with Crippen molar-refractivity contribution in [1.29, 1.82) is 0 Å². The minimum atomic E-state index is -0.152. The maximum Gasteiger partial charge on any atom is 0.259 e. The third-order valence-electron chi connectivity index (χ3n) is 4.70. The van der Waals surface area contributed by atoms with E-state index in [1.807, 2.05) is 38.1 Å². The van der Waals surface area contributed by atoms with Gasteiger partial charge in [0, 0.05) is 5.69 Å². The zero-order valence-electron chi connectivity index (χ0n) is 14.9. The Balaban J connectivity index is 1.57. The molecule has 0 unspecified atom stereocenters. The molecule has 0 spiro atoms. The smallest absolute Gasteiger partial charge is 0.259 e. The second kappa shape index (κ2) is 7.97. The van der Waals surface area contributed by atoms with Crippen molar-refractivity contribution >= 4 is 17.3 Å². The molecule has 0 saturated carbocycles. The molecule has 0 bridgehead atoms. The van der Waals surface area contributed by atoms with Crippen molar-refractivity contribution in [3.63, 3.8) is 0 Å². The number of carbonyl (C=O) groups is 1. The number of amides is 1. The van der Waals surface area contributed by atoms with Gasteiger partial charge in [-0.2, -0.15) is 5.10 Å². The molecule has 1 aliphatic carbocycles. The van der Waals surface area contributed by atoms with Crippen molar-refractivity contribution in [2.24, 2.45) is 5.10 Å². The molecule has 0 aromatic heterocycles. The number of hydrazone groups is 1. The lowest BCUT2D eigenvalue weighted by atomic mass is 9.90. The van der Waals surface area contributed by atoms with E-state index in [0.29, 0.717) is 0 Å². The maximum absolute atomic E-state index is 12.0. The van der Waals surface area contributed by atoms with Crippen molar-refractivity contribution in [2.75, 3.05) is 11.9 Å². The minimum Gasteiger partial charge on any atom is -0.376 e. The summed E-state index contributed by atoms with van der Waals surface area (Å²) < 4.78 is 0. The van der Waals surface area contributed by atoms with Gasteiger partial charge in [0.15, 0.2) is 0 Å². The second-order valence-corrected chi connectivity index (χ2v) is 6.59. The highest BCUT2D eigenvalue weighted by Gasteiger charge is 2.10. The molecule has 0 heterocycles. The number of hydrogen-bond donors (Lipinski definition) is 2. The number of para-hydroxylation sites is 1. The molecule has 1 amide bonds. The molecular weight excluding hydrogens is 310 g/mol. The Morgan fingerprint density at radius 3 is 2.64 bits per heavy atom. The third kappa shape index (κ3) is 4.47. The molecular formula is C21H25N3O. The Morgan fingerprint density at radius 1 is 1.08 bits per heavy atom. The van der Waals surface area contributed by atoms with Crippen LogP contribution in [0.15, 0.2) is 47.6 Å². The molecule has 4 heteroatoms. The van der Waals surface area contributed by atoms with Gasteiger partial charge < -0.3 is 5.32 Å². The molecule has 2 aromatic carbocycles. The monoisotopic (exact) mass is 335 g/mol. The SMILES string of the molecule is C/C(=N\NC(=O)CNc1ccccc1C)c1ccc2c(c1)CCCC2. The lowest BCUT2D eigenvalue weighted by Gasteiger charge is -2.16. The van der Waals surface area contributed by atoms with Gasteiger partial charge in [-0.05, 0) is 73.9 Å². The van der Waals surface area contributed by atoms with E-state index in [-0.39, 0.29) is 12.5 Å². The summed E-state index contributed by atoms with van der Waals surface area (Å²) in [5, 5.41) is 7.39. The summed E-state index contributed by atoms with van der Waals surface area (Å²) in [6, 6.07) is 14.4. The van der Waals surface area contributed by atoms with Crippen molar-refractivity contribution in [3.8, 4) is 0 Å². The Hall–Kier alpha value is -2.62. The van der Waals surface area contributed by atoms with Gasteiger partial charge in [0.2, 0.25) is 0 Å². The van der Waals surface area contributed by atoms with Crippen molar-refractivity contribution in [1.82, 2.24) is 5.43 Å². The average molecular weight is 335 g/mol. The summed E-state index contributed by atoms with van der Waals surface area (Å²) in [6.07, 6.45) is 4.85. The van der Waals surface area contributed by atoms with E-state index < -0.39 is 0 Å². The van der Waals surface area contributed by atoms with E-state index in [4.69, 9.17) is 0 Å². The normalized spacial score (nSPS) is 13.9. The molecule has 1 aliphatic rings. The number of hydrogen-bond acceptors (Lipinski definition) is 3. The van der Waals surface area contributed by atoms with Gasteiger partial charge in [-0.15, -0.1) is 0 Å². The molecule has 2 N–H and O–H groups in total. The number of nitrogens with one attached hydrogen (secondary N) is 2. The highest BCUT2D eigenvalue weighted by atomic mass is 16.2. The van der Waals surface area contributed by atoms with Crippen molar-refractivity contribution < 1.29 is 4.79 Å². The molecule has 25 heavy (non-hydrogen) atoms. The summed E-state index contributed by atoms with van der Waals surface area (Å²) in [7, 11) is 0. The van der Waals surface area contributed by atoms with E-state index >= 15 is 0 Å². The number of rotatable bonds is 5. The summed E-state index contributed by atoms with van der Waals surface area (Å²) in [5.74, 6) is -0.152. The van der Waals surface area contributed by atoms with Crippen LogP contribution in [0.1, 0.15) is 42.0 Å². The predicted octanol–water partition coefficient (Wildman–Crippen LogP) is 3.83. The zero-order chi connectivity index (χ0) is 17.6. The largest absolute Gasteiger partial charge is 0.376 e. The Bertz CT molecular complexity index is 795. The van der Waals surface area contributed by atoms with Gasteiger partial charge in [0.05, 0.1) is 12.3 Å². The quantitative estimate of drug-likeness (QED) is 0.644. The van der Waals surface area contributed by atoms with Crippen molar-refractivity contribution in [2.45, 2.75) is 39.5 Å². The second-order valence-electron chi connectivity index (χ2n) is 6.59. The minimum absolute atomic E-state index is 0.152. The standard InChI is InChI=1S/C21H25N3O/c1-15-7-3-6-10-20(15)22-14-21(25)24-23-16(2)18-12-11-17-8-4-5-9-19(17)13-18/h3,6-7,10-13,22H,4-5,8-9,14H2,1-2H3,(H,24,25)/b23-16+.